The Hall–Kier alpha value is -1.30. The number of carbonyl (C=O) groups excluding carboxylic acids is 1. The Morgan fingerprint density at radius 1 is 1.58 bits per heavy atom. The number of hydrogen-bond donors (Lipinski definition) is 2. The maximum atomic E-state index is 12.1. The summed E-state index contributed by atoms with van der Waals surface area (Å²) in [4.78, 5) is 12.1. The van der Waals surface area contributed by atoms with E-state index in [9.17, 15) is 4.79 Å². The third-order valence-electron chi connectivity index (χ3n) is 2.96. The van der Waals surface area contributed by atoms with Crippen LogP contribution in [0.25, 0.3) is 0 Å². The zero-order valence-electron chi connectivity index (χ0n) is 10.7. The van der Waals surface area contributed by atoms with Crippen LogP contribution in [-0.4, -0.2) is 31.8 Å². The smallest absolute Gasteiger partial charge is 0.231 e. The molecule has 1 aromatic carbocycles. The van der Waals surface area contributed by atoms with Gasteiger partial charge in [0, 0.05) is 11.1 Å². The highest BCUT2D eigenvalue weighted by Crippen LogP contribution is 2.29. The highest BCUT2D eigenvalue weighted by atomic mass is 35.5. The molecule has 1 aromatic rings. The summed E-state index contributed by atoms with van der Waals surface area (Å²) in [6.07, 6.45) is 0. The molecule has 0 spiro atoms. The van der Waals surface area contributed by atoms with Gasteiger partial charge in [0.1, 0.15) is 5.75 Å². The Bertz CT molecular complexity index is 467. The summed E-state index contributed by atoms with van der Waals surface area (Å²) in [5, 5.41) is 3.33. The lowest BCUT2D eigenvalue weighted by molar-refractivity contribution is -0.120. The molecule has 0 saturated carbocycles. The standard InChI is InChI=1S/C13H17ClN2O3/c1-2-19-12-4-3-8(14)5-11(12)16-13(17)9-6-18-7-10(9)15/h3-5,9-10H,2,6-7,15H2,1H3,(H,16,17). The second-order valence-corrected chi connectivity index (χ2v) is 4.81. The largest absolute Gasteiger partial charge is 0.492 e. The first kappa shape index (κ1) is 14.1. The van der Waals surface area contributed by atoms with Crippen LogP contribution in [0.3, 0.4) is 0 Å². The number of nitrogens with one attached hydrogen (secondary N) is 1. The van der Waals surface area contributed by atoms with Crippen molar-refractivity contribution in [3.05, 3.63) is 23.2 Å². The molecule has 5 nitrogen and oxygen atoms in total. The minimum Gasteiger partial charge on any atom is -0.492 e. The Morgan fingerprint density at radius 3 is 3.00 bits per heavy atom. The molecule has 19 heavy (non-hydrogen) atoms. The van der Waals surface area contributed by atoms with Crippen molar-refractivity contribution in [2.75, 3.05) is 25.1 Å². The molecule has 0 aromatic heterocycles. The molecule has 104 valence electrons. The van der Waals surface area contributed by atoms with Crippen LogP contribution in [0.15, 0.2) is 18.2 Å². The third kappa shape index (κ3) is 3.37. The van der Waals surface area contributed by atoms with E-state index in [0.29, 0.717) is 36.3 Å². The maximum absolute atomic E-state index is 12.1. The lowest BCUT2D eigenvalue weighted by Gasteiger charge is -2.16. The van der Waals surface area contributed by atoms with E-state index in [1.54, 1.807) is 18.2 Å². The van der Waals surface area contributed by atoms with E-state index in [-0.39, 0.29) is 17.9 Å². The second-order valence-electron chi connectivity index (χ2n) is 4.37. The Labute approximate surface area is 117 Å². The number of hydrogen-bond acceptors (Lipinski definition) is 4. The van der Waals surface area contributed by atoms with Crippen LogP contribution in [0, 0.1) is 5.92 Å². The van der Waals surface area contributed by atoms with Crippen molar-refractivity contribution in [1.82, 2.24) is 0 Å². The van der Waals surface area contributed by atoms with Gasteiger partial charge in [-0.2, -0.15) is 0 Å². The van der Waals surface area contributed by atoms with E-state index >= 15 is 0 Å². The molecule has 6 heteroatoms. The van der Waals surface area contributed by atoms with Crippen molar-refractivity contribution in [2.24, 2.45) is 11.7 Å². The maximum Gasteiger partial charge on any atom is 0.231 e. The number of ether oxygens (including phenoxy) is 2. The van der Waals surface area contributed by atoms with Gasteiger partial charge in [-0.15, -0.1) is 0 Å². The van der Waals surface area contributed by atoms with Crippen LogP contribution < -0.4 is 15.8 Å². The number of nitrogens with two attached hydrogens (primary N) is 1. The van der Waals surface area contributed by atoms with Crippen molar-refractivity contribution < 1.29 is 14.3 Å². The van der Waals surface area contributed by atoms with E-state index in [1.807, 2.05) is 6.92 Å². The quantitative estimate of drug-likeness (QED) is 0.882. The number of benzene rings is 1. The second kappa shape index (κ2) is 6.23. The normalized spacial score (nSPS) is 22.3. The molecule has 0 bridgehead atoms. The van der Waals surface area contributed by atoms with Gasteiger partial charge in [0.2, 0.25) is 5.91 Å². The molecule has 1 aliphatic heterocycles. The minimum absolute atomic E-state index is 0.173. The lowest BCUT2D eigenvalue weighted by atomic mass is 10.0. The summed E-state index contributed by atoms with van der Waals surface area (Å²) in [7, 11) is 0. The zero-order valence-corrected chi connectivity index (χ0v) is 11.4. The van der Waals surface area contributed by atoms with Gasteiger partial charge < -0.3 is 20.5 Å². The van der Waals surface area contributed by atoms with Crippen LogP contribution in [0.4, 0.5) is 5.69 Å². The summed E-state index contributed by atoms with van der Waals surface area (Å²) >= 11 is 5.93. The number of carbonyl (C=O) groups is 1. The lowest BCUT2D eigenvalue weighted by Crippen LogP contribution is -2.37. The van der Waals surface area contributed by atoms with E-state index in [0.717, 1.165) is 0 Å². The first-order valence-electron chi connectivity index (χ1n) is 6.18. The molecule has 1 heterocycles. The van der Waals surface area contributed by atoms with E-state index in [1.165, 1.54) is 0 Å². The van der Waals surface area contributed by atoms with Crippen LogP contribution in [0.2, 0.25) is 5.02 Å². The van der Waals surface area contributed by atoms with E-state index in [2.05, 4.69) is 5.32 Å². The van der Waals surface area contributed by atoms with Gasteiger partial charge in [-0.1, -0.05) is 11.6 Å². The predicted molar refractivity (Wildman–Crippen MR) is 73.5 cm³/mol. The zero-order chi connectivity index (χ0) is 13.8. The van der Waals surface area contributed by atoms with Gasteiger partial charge >= 0.3 is 0 Å². The molecule has 1 saturated heterocycles. The molecule has 2 unspecified atom stereocenters. The van der Waals surface area contributed by atoms with Gasteiger partial charge in [0.15, 0.2) is 0 Å². The number of rotatable bonds is 4. The number of amides is 1. The first-order chi connectivity index (χ1) is 9.11. The van der Waals surface area contributed by atoms with Gasteiger partial charge in [0.25, 0.3) is 0 Å². The summed E-state index contributed by atoms with van der Waals surface area (Å²) in [6, 6.07) is 4.83. The van der Waals surface area contributed by atoms with Gasteiger partial charge in [-0.05, 0) is 25.1 Å². The Morgan fingerprint density at radius 2 is 2.37 bits per heavy atom. The molecule has 2 atom stereocenters. The molecule has 0 radical (unpaired) electrons. The minimum atomic E-state index is -0.339. The summed E-state index contributed by atoms with van der Waals surface area (Å²) in [5.41, 5.74) is 6.37. The van der Waals surface area contributed by atoms with Crippen LogP contribution in [-0.2, 0) is 9.53 Å². The van der Waals surface area contributed by atoms with Gasteiger partial charge in [0.05, 0.1) is 31.4 Å². The Kier molecular flexibility index (Phi) is 4.63. The fraction of sp³-hybridized carbons (Fsp3) is 0.462. The molecule has 3 N–H and O–H groups in total. The summed E-state index contributed by atoms with van der Waals surface area (Å²) < 4.78 is 10.6. The highest BCUT2D eigenvalue weighted by Gasteiger charge is 2.31. The molecule has 2 rings (SSSR count). The van der Waals surface area contributed by atoms with Crippen LogP contribution >= 0.6 is 11.6 Å². The topological polar surface area (TPSA) is 73.6 Å². The van der Waals surface area contributed by atoms with Crippen LogP contribution in [0.1, 0.15) is 6.92 Å². The van der Waals surface area contributed by atoms with Crippen molar-refractivity contribution >= 4 is 23.2 Å². The third-order valence-corrected chi connectivity index (χ3v) is 3.20. The average molecular weight is 285 g/mol. The van der Waals surface area contributed by atoms with E-state index < -0.39 is 0 Å². The fourth-order valence-electron chi connectivity index (χ4n) is 1.95. The highest BCUT2D eigenvalue weighted by molar-refractivity contribution is 6.31. The monoisotopic (exact) mass is 284 g/mol. The molecule has 1 amide bonds. The number of halogens is 1. The van der Waals surface area contributed by atoms with Crippen molar-refractivity contribution in [3.8, 4) is 5.75 Å². The van der Waals surface area contributed by atoms with Crippen molar-refractivity contribution in [3.63, 3.8) is 0 Å². The van der Waals surface area contributed by atoms with Gasteiger partial charge in [-0.25, -0.2) is 0 Å². The molecule has 0 aliphatic carbocycles. The van der Waals surface area contributed by atoms with Gasteiger partial charge in [-0.3, -0.25) is 4.79 Å². The van der Waals surface area contributed by atoms with Crippen LogP contribution in [0.5, 0.6) is 5.75 Å². The van der Waals surface area contributed by atoms with E-state index in [4.69, 9.17) is 26.8 Å². The summed E-state index contributed by atoms with van der Waals surface area (Å²) in [5.74, 6) is 0.0782. The SMILES string of the molecule is CCOc1ccc(Cl)cc1NC(=O)C1COCC1N. The Balaban J connectivity index is 2.13. The fourth-order valence-corrected chi connectivity index (χ4v) is 2.12. The first-order valence-corrected chi connectivity index (χ1v) is 6.56. The summed E-state index contributed by atoms with van der Waals surface area (Å²) in [6.45, 7) is 3.14. The molecular formula is C13H17ClN2O3. The molecule has 1 aliphatic rings. The average Bonchev–Trinajstić information content (AvgIpc) is 2.79. The van der Waals surface area contributed by atoms with Crippen molar-refractivity contribution in [1.29, 1.82) is 0 Å². The number of anilines is 1. The van der Waals surface area contributed by atoms with Crippen molar-refractivity contribution in [2.45, 2.75) is 13.0 Å². The predicted octanol–water partition coefficient (Wildman–Crippen LogP) is 1.65. The molecular weight excluding hydrogens is 268 g/mol. The molecule has 1 fully saturated rings.